The fourth-order valence-electron chi connectivity index (χ4n) is 4.46. The van der Waals surface area contributed by atoms with Gasteiger partial charge in [-0.1, -0.05) is 121 Å². The van der Waals surface area contributed by atoms with E-state index < -0.39 is 0 Å². The molecule has 2 rings (SSSR count). The largest absolute Gasteiger partial charge is 0.399 e. The van der Waals surface area contributed by atoms with Gasteiger partial charge in [-0.05, 0) is 48.2 Å². The number of unbranched alkanes of at least 4 members (excludes halogenated alkanes) is 14. The van der Waals surface area contributed by atoms with Gasteiger partial charge in [0.15, 0.2) is 0 Å². The van der Waals surface area contributed by atoms with Crippen molar-refractivity contribution >= 4 is 17.3 Å². The van der Waals surface area contributed by atoms with Gasteiger partial charge < -0.3 is 11.1 Å². The van der Waals surface area contributed by atoms with Crippen molar-refractivity contribution in [3.63, 3.8) is 0 Å². The molecule has 0 bridgehead atoms. The lowest BCUT2D eigenvalue weighted by molar-refractivity contribution is -0.116. The molecule has 3 nitrogen and oxygen atoms in total. The number of nitrogens with one attached hydrogen (secondary N) is 1. The van der Waals surface area contributed by atoms with Crippen molar-refractivity contribution in [2.45, 2.75) is 116 Å². The topological polar surface area (TPSA) is 55.1 Å². The molecule has 2 aromatic rings. The van der Waals surface area contributed by atoms with Crippen LogP contribution in [0.3, 0.4) is 0 Å². The summed E-state index contributed by atoms with van der Waals surface area (Å²) < 4.78 is 0. The van der Waals surface area contributed by atoms with E-state index in [1.807, 2.05) is 24.3 Å². The molecule has 0 fully saturated rings. The molecule has 0 radical (unpaired) electrons. The third-order valence-corrected chi connectivity index (χ3v) is 6.63. The van der Waals surface area contributed by atoms with E-state index in [1.165, 1.54) is 94.6 Å². The maximum atomic E-state index is 12.2. The molecule has 0 heterocycles. The summed E-state index contributed by atoms with van der Waals surface area (Å²) in [5, 5.41) is 3.03. The summed E-state index contributed by atoms with van der Waals surface area (Å²) in [6, 6.07) is 16.1. The fraction of sp³-hybridized carbons (Fsp3) is 0.581. The first-order valence-corrected chi connectivity index (χ1v) is 13.9. The monoisotopic (exact) mass is 464 g/mol. The summed E-state index contributed by atoms with van der Waals surface area (Å²) in [6.45, 7) is 2.28. The van der Waals surface area contributed by atoms with Gasteiger partial charge in [0.1, 0.15) is 0 Å². The third kappa shape index (κ3) is 13.4. The van der Waals surface area contributed by atoms with E-state index in [0.29, 0.717) is 6.42 Å². The van der Waals surface area contributed by atoms with E-state index in [1.54, 1.807) is 0 Å². The summed E-state index contributed by atoms with van der Waals surface area (Å²) in [4.78, 5) is 12.2. The first-order valence-electron chi connectivity index (χ1n) is 13.9. The molecule has 1 amide bonds. The summed E-state index contributed by atoms with van der Waals surface area (Å²) in [7, 11) is 0. The normalized spacial score (nSPS) is 11.0. The summed E-state index contributed by atoms with van der Waals surface area (Å²) >= 11 is 0. The van der Waals surface area contributed by atoms with E-state index in [-0.39, 0.29) is 5.91 Å². The van der Waals surface area contributed by atoms with Crippen molar-refractivity contribution in [3.05, 3.63) is 59.7 Å². The van der Waals surface area contributed by atoms with Crippen LogP contribution in [0.15, 0.2) is 48.5 Å². The van der Waals surface area contributed by atoms with Crippen LogP contribution in [-0.4, -0.2) is 5.91 Å². The lowest BCUT2D eigenvalue weighted by atomic mass is 10.0. The minimum atomic E-state index is 0.126. The van der Waals surface area contributed by atoms with Crippen molar-refractivity contribution in [1.82, 2.24) is 0 Å². The van der Waals surface area contributed by atoms with Crippen LogP contribution in [0, 0.1) is 0 Å². The third-order valence-electron chi connectivity index (χ3n) is 6.63. The molecule has 0 aliphatic heterocycles. The van der Waals surface area contributed by atoms with Gasteiger partial charge in [0.2, 0.25) is 5.91 Å². The lowest BCUT2D eigenvalue weighted by Crippen LogP contribution is -2.11. The molecule has 188 valence electrons. The van der Waals surface area contributed by atoms with Crippen molar-refractivity contribution in [2.75, 3.05) is 11.1 Å². The Labute approximate surface area is 208 Å². The predicted octanol–water partition coefficient (Wildman–Crippen LogP) is 9.06. The Bertz CT molecular complexity index is 767. The molecular weight excluding hydrogens is 416 g/mol. The zero-order valence-corrected chi connectivity index (χ0v) is 21.6. The number of anilines is 2. The number of benzene rings is 2. The second-order valence-electron chi connectivity index (χ2n) is 9.86. The highest BCUT2D eigenvalue weighted by atomic mass is 16.1. The van der Waals surface area contributed by atoms with Crippen LogP contribution in [0.2, 0.25) is 0 Å². The van der Waals surface area contributed by atoms with Crippen LogP contribution >= 0.6 is 0 Å². The second kappa shape index (κ2) is 18.1. The summed E-state index contributed by atoms with van der Waals surface area (Å²) in [5.41, 5.74) is 9.88. The number of nitrogen functional groups attached to an aromatic ring is 1. The van der Waals surface area contributed by atoms with Crippen LogP contribution in [0.1, 0.15) is 121 Å². The molecule has 0 spiro atoms. The molecule has 0 aromatic heterocycles. The summed E-state index contributed by atoms with van der Waals surface area (Å²) in [6.07, 6.45) is 21.6. The lowest BCUT2D eigenvalue weighted by Gasteiger charge is -2.07. The van der Waals surface area contributed by atoms with Gasteiger partial charge in [-0.3, -0.25) is 4.79 Å². The van der Waals surface area contributed by atoms with E-state index in [2.05, 4.69) is 36.5 Å². The zero-order valence-electron chi connectivity index (χ0n) is 21.6. The first-order chi connectivity index (χ1) is 16.7. The van der Waals surface area contributed by atoms with Gasteiger partial charge in [0.05, 0.1) is 0 Å². The van der Waals surface area contributed by atoms with Crippen LogP contribution < -0.4 is 11.1 Å². The van der Waals surface area contributed by atoms with Gasteiger partial charge in [0.25, 0.3) is 0 Å². The molecule has 0 aliphatic rings. The van der Waals surface area contributed by atoms with Crippen molar-refractivity contribution in [1.29, 1.82) is 0 Å². The smallest absolute Gasteiger partial charge is 0.224 e. The van der Waals surface area contributed by atoms with Crippen LogP contribution in [0.25, 0.3) is 0 Å². The minimum Gasteiger partial charge on any atom is -0.399 e. The quantitative estimate of drug-likeness (QED) is 0.161. The van der Waals surface area contributed by atoms with Gasteiger partial charge in [-0.25, -0.2) is 0 Å². The average Bonchev–Trinajstić information content (AvgIpc) is 2.84. The number of hydrogen-bond donors (Lipinski definition) is 2. The van der Waals surface area contributed by atoms with Crippen LogP contribution in [-0.2, 0) is 11.2 Å². The number of hydrogen-bond acceptors (Lipinski definition) is 2. The molecule has 34 heavy (non-hydrogen) atoms. The SMILES string of the molecule is CCCCCCCCCCCCCCCCCC(=O)Nc1ccc(Cc2ccc(N)cc2)cc1. The van der Waals surface area contributed by atoms with Crippen LogP contribution in [0.4, 0.5) is 11.4 Å². The van der Waals surface area contributed by atoms with Crippen molar-refractivity contribution in [3.8, 4) is 0 Å². The molecule has 0 aliphatic carbocycles. The maximum Gasteiger partial charge on any atom is 0.224 e. The Morgan fingerprint density at radius 2 is 1.03 bits per heavy atom. The molecule has 0 atom stereocenters. The molecule has 2 aromatic carbocycles. The predicted molar refractivity (Wildman–Crippen MR) is 148 cm³/mol. The Morgan fingerprint density at radius 1 is 0.618 bits per heavy atom. The molecule has 0 saturated carbocycles. The molecular formula is C31H48N2O. The van der Waals surface area contributed by atoms with E-state index in [4.69, 9.17) is 5.73 Å². The average molecular weight is 465 g/mol. The Hall–Kier alpha value is -2.29. The van der Waals surface area contributed by atoms with Gasteiger partial charge in [-0.15, -0.1) is 0 Å². The Kier molecular flexibility index (Phi) is 14.9. The number of amides is 1. The number of rotatable bonds is 19. The summed E-state index contributed by atoms with van der Waals surface area (Å²) in [5.74, 6) is 0.126. The Balaban J connectivity index is 1.42. The van der Waals surface area contributed by atoms with E-state index in [9.17, 15) is 4.79 Å². The highest BCUT2D eigenvalue weighted by Crippen LogP contribution is 2.16. The standard InChI is InChI=1S/C31H48N2O/c1-2-3-4-5-6-7-8-9-10-11-12-13-14-15-16-17-31(34)33-30-24-20-28(21-25-30)26-27-18-22-29(32)23-19-27/h18-25H,2-17,26,32H2,1H3,(H,33,34). The van der Waals surface area contributed by atoms with Gasteiger partial charge >= 0.3 is 0 Å². The molecule has 0 unspecified atom stereocenters. The minimum absolute atomic E-state index is 0.126. The molecule has 3 N–H and O–H groups in total. The van der Waals surface area contributed by atoms with E-state index in [0.717, 1.165) is 30.6 Å². The number of nitrogens with two attached hydrogens (primary N) is 1. The van der Waals surface area contributed by atoms with E-state index >= 15 is 0 Å². The van der Waals surface area contributed by atoms with Gasteiger partial charge in [-0.2, -0.15) is 0 Å². The van der Waals surface area contributed by atoms with Crippen LogP contribution in [0.5, 0.6) is 0 Å². The fourth-order valence-corrected chi connectivity index (χ4v) is 4.46. The second-order valence-corrected chi connectivity index (χ2v) is 9.86. The molecule has 3 heteroatoms. The first kappa shape index (κ1) is 28.0. The zero-order chi connectivity index (χ0) is 24.3. The van der Waals surface area contributed by atoms with Crippen molar-refractivity contribution < 1.29 is 4.79 Å². The molecule has 0 saturated heterocycles. The highest BCUT2D eigenvalue weighted by Gasteiger charge is 2.03. The van der Waals surface area contributed by atoms with Crippen molar-refractivity contribution in [2.24, 2.45) is 0 Å². The highest BCUT2D eigenvalue weighted by molar-refractivity contribution is 5.90. The maximum absolute atomic E-state index is 12.2. The number of carbonyl (C=O) groups is 1. The number of carbonyl (C=O) groups excluding carboxylic acids is 1. The van der Waals surface area contributed by atoms with Gasteiger partial charge in [0, 0.05) is 17.8 Å². The Morgan fingerprint density at radius 3 is 1.50 bits per heavy atom.